The Bertz CT molecular complexity index is 937. The van der Waals surface area contributed by atoms with Gasteiger partial charge in [0.15, 0.2) is 0 Å². The van der Waals surface area contributed by atoms with E-state index in [0.29, 0.717) is 44.2 Å². The number of alkyl carbamates (subject to hydrolysis) is 1. The van der Waals surface area contributed by atoms with Crippen LogP contribution in [-0.4, -0.2) is 48.1 Å². The fourth-order valence-corrected chi connectivity index (χ4v) is 3.28. The highest BCUT2D eigenvalue weighted by molar-refractivity contribution is 5.97. The molecule has 35 heavy (non-hydrogen) atoms. The van der Waals surface area contributed by atoms with Gasteiger partial charge in [-0.3, -0.25) is 14.4 Å². The maximum absolute atomic E-state index is 12.7. The van der Waals surface area contributed by atoms with Crippen molar-refractivity contribution >= 4 is 23.9 Å². The van der Waals surface area contributed by atoms with E-state index in [9.17, 15) is 19.2 Å². The number of nitrogens with one attached hydrogen (secondary N) is 3. The van der Waals surface area contributed by atoms with E-state index in [1.807, 2.05) is 30.3 Å². The zero-order valence-electron chi connectivity index (χ0n) is 19.7. The van der Waals surface area contributed by atoms with Gasteiger partial charge >= 0.3 is 12.1 Å². The van der Waals surface area contributed by atoms with Crippen LogP contribution in [0.4, 0.5) is 4.79 Å². The van der Waals surface area contributed by atoms with Crippen molar-refractivity contribution in [2.24, 2.45) is 0 Å². The molecular weight excluding hydrogens is 450 g/mol. The first-order chi connectivity index (χ1) is 17.0. The van der Waals surface area contributed by atoms with Crippen LogP contribution in [0, 0.1) is 0 Å². The molecule has 1 atom stereocenters. The molecule has 9 heteroatoms. The van der Waals surface area contributed by atoms with Crippen LogP contribution in [-0.2, 0) is 20.9 Å². The number of ether oxygens (including phenoxy) is 1. The molecule has 2 aromatic rings. The summed E-state index contributed by atoms with van der Waals surface area (Å²) in [6.45, 7) is 0.839. The molecule has 0 saturated carbocycles. The summed E-state index contributed by atoms with van der Waals surface area (Å²) in [6.07, 6.45) is 2.20. The number of rotatable bonds is 15. The number of hydrogen-bond donors (Lipinski definition) is 4. The summed E-state index contributed by atoms with van der Waals surface area (Å²) >= 11 is 0. The van der Waals surface area contributed by atoms with Gasteiger partial charge in [-0.1, -0.05) is 55.0 Å². The average molecular weight is 484 g/mol. The Morgan fingerprint density at radius 3 is 2.14 bits per heavy atom. The summed E-state index contributed by atoms with van der Waals surface area (Å²) in [5, 5.41) is 16.9. The van der Waals surface area contributed by atoms with Crippen LogP contribution >= 0.6 is 0 Å². The first kappa shape index (κ1) is 27.4. The van der Waals surface area contributed by atoms with Crippen LogP contribution in [0.5, 0.6) is 0 Å². The van der Waals surface area contributed by atoms with Crippen LogP contribution < -0.4 is 16.0 Å². The Kier molecular flexibility index (Phi) is 12.4. The van der Waals surface area contributed by atoms with Crippen LogP contribution in [0.1, 0.15) is 54.4 Å². The predicted octanol–water partition coefficient (Wildman–Crippen LogP) is 3.25. The maximum atomic E-state index is 12.7. The molecule has 0 unspecified atom stereocenters. The van der Waals surface area contributed by atoms with E-state index in [2.05, 4.69) is 16.0 Å². The minimum absolute atomic E-state index is 0.102. The number of carboxylic acid groups (broad SMARTS) is 1. The van der Waals surface area contributed by atoms with E-state index >= 15 is 0 Å². The van der Waals surface area contributed by atoms with Crippen LogP contribution in [0.3, 0.4) is 0 Å². The van der Waals surface area contributed by atoms with E-state index in [0.717, 1.165) is 5.56 Å². The van der Waals surface area contributed by atoms with Crippen LogP contribution in [0.15, 0.2) is 60.7 Å². The minimum Gasteiger partial charge on any atom is -0.481 e. The number of aliphatic carboxylic acids is 1. The molecule has 0 aromatic heterocycles. The topological polar surface area (TPSA) is 134 Å². The van der Waals surface area contributed by atoms with Gasteiger partial charge in [0, 0.05) is 25.1 Å². The van der Waals surface area contributed by atoms with Gasteiger partial charge in [-0.2, -0.15) is 0 Å². The van der Waals surface area contributed by atoms with Crippen molar-refractivity contribution < 1.29 is 29.0 Å². The number of amides is 3. The smallest absolute Gasteiger partial charge is 0.407 e. The van der Waals surface area contributed by atoms with Gasteiger partial charge in [0.25, 0.3) is 5.91 Å². The predicted molar refractivity (Wildman–Crippen MR) is 131 cm³/mol. The molecule has 0 aliphatic carbocycles. The molecule has 0 radical (unpaired) electrons. The minimum atomic E-state index is -0.838. The van der Waals surface area contributed by atoms with Crippen molar-refractivity contribution in [1.82, 2.24) is 16.0 Å². The Balaban J connectivity index is 1.78. The third-order valence-electron chi connectivity index (χ3n) is 5.18. The largest absolute Gasteiger partial charge is 0.481 e. The Labute approximate surface area is 205 Å². The van der Waals surface area contributed by atoms with Crippen molar-refractivity contribution in [2.75, 3.05) is 13.1 Å². The highest BCUT2D eigenvalue weighted by Gasteiger charge is 2.21. The molecule has 4 N–H and O–H groups in total. The van der Waals surface area contributed by atoms with Gasteiger partial charge in [-0.05, 0) is 43.4 Å². The molecule has 0 bridgehead atoms. The lowest BCUT2D eigenvalue weighted by molar-refractivity contribution is -0.137. The Hall–Kier alpha value is -3.88. The second kappa shape index (κ2) is 15.9. The number of unbranched alkanes of at least 4 members (excludes halogenated alkanes) is 2. The summed E-state index contributed by atoms with van der Waals surface area (Å²) in [4.78, 5) is 47.8. The van der Waals surface area contributed by atoms with E-state index < -0.39 is 18.1 Å². The average Bonchev–Trinajstić information content (AvgIpc) is 2.87. The summed E-state index contributed by atoms with van der Waals surface area (Å²) in [7, 11) is 0. The number of benzene rings is 2. The Morgan fingerprint density at radius 1 is 0.800 bits per heavy atom. The van der Waals surface area contributed by atoms with Gasteiger partial charge in [-0.15, -0.1) is 0 Å². The quantitative estimate of drug-likeness (QED) is 0.287. The highest BCUT2D eigenvalue weighted by atomic mass is 16.5. The molecule has 2 aromatic carbocycles. The molecule has 0 fully saturated rings. The normalized spacial score (nSPS) is 11.2. The van der Waals surface area contributed by atoms with Gasteiger partial charge in [0.05, 0.1) is 0 Å². The molecular formula is C26H33N3O6. The molecule has 3 amide bonds. The van der Waals surface area contributed by atoms with Crippen molar-refractivity contribution in [3.63, 3.8) is 0 Å². The third kappa shape index (κ3) is 11.7. The lowest BCUT2D eigenvalue weighted by Gasteiger charge is -2.19. The fraction of sp³-hybridized carbons (Fsp3) is 0.385. The highest BCUT2D eigenvalue weighted by Crippen LogP contribution is 2.05. The number of carboxylic acids is 1. The molecule has 0 aliphatic heterocycles. The lowest BCUT2D eigenvalue weighted by Crippen LogP contribution is -2.47. The molecule has 188 valence electrons. The summed E-state index contributed by atoms with van der Waals surface area (Å²) in [6, 6.07) is 17.2. The van der Waals surface area contributed by atoms with Gasteiger partial charge in [-0.25, -0.2) is 4.79 Å². The number of carbonyl (C=O) groups excluding carboxylic acids is 3. The van der Waals surface area contributed by atoms with Crippen molar-refractivity contribution in [3.8, 4) is 0 Å². The van der Waals surface area contributed by atoms with Crippen molar-refractivity contribution in [3.05, 3.63) is 71.8 Å². The van der Waals surface area contributed by atoms with E-state index in [-0.39, 0.29) is 31.4 Å². The first-order valence-electron chi connectivity index (χ1n) is 11.8. The van der Waals surface area contributed by atoms with Gasteiger partial charge < -0.3 is 25.8 Å². The fourth-order valence-electron chi connectivity index (χ4n) is 3.28. The zero-order chi connectivity index (χ0) is 25.3. The SMILES string of the molecule is O=C(O)CCCCCNC(=O)[C@H](CCCNC(=O)OCc1ccccc1)NC(=O)c1ccccc1. The maximum Gasteiger partial charge on any atom is 0.407 e. The molecule has 0 aliphatic rings. The van der Waals surface area contributed by atoms with Crippen LogP contribution in [0.2, 0.25) is 0 Å². The number of carbonyl (C=O) groups is 4. The molecule has 0 heterocycles. The zero-order valence-corrected chi connectivity index (χ0v) is 19.7. The Morgan fingerprint density at radius 2 is 1.46 bits per heavy atom. The third-order valence-corrected chi connectivity index (χ3v) is 5.18. The number of hydrogen-bond acceptors (Lipinski definition) is 5. The van der Waals surface area contributed by atoms with Gasteiger partial charge in [0.2, 0.25) is 5.91 Å². The molecule has 0 spiro atoms. The van der Waals surface area contributed by atoms with Gasteiger partial charge in [0.1, 0.15) is 12.6 Å². The standard InChI is InChI=1S/C26H33N3O6/c30-23(31)16-8-3-9-17-27-25(33)22(29-24(32)21-13-6-2-7-14-21)15-10-18-28-26(34)35-19-20-11-4-1-5-12-20/h1-2,4-7,11-14,22H,3,8-10,15-19H2,(H,27,33)(H,28,34)(H,29,32)(H,30,31)/t22-/m0/s1. The molecule has 9 nitrogen and oxygen atoms in total. The summed E-state index contributed by atoms with van der Waals surface area (Å²) < 4.78 is 5.17. The van der Waals surface area contributed by atoms with E-state index in [1.165, 1.54) is 0 Å². The van der Waals surface area contributed by atoms with E-state index in [4.69, 9.17) is 9.84 Å². The van der Waals surface area contributed by atoms with Crippen molar-refractivity contribution in [2.45, 2.75) is 51.2 Å². The van der Waals surface area contributed by atoms with Crippen molar-refractivity contribution in [1.29, 1.82) is 0 Å². The summed E-state index contributed by atoms with van der Waals surface area (Å²) in [5.74, 6) is -1.52. The second-order valence-electron chi connectivity index (χ2n) is 8.02. The summed E-state index contributed by atoms with van der Waals surface area (Å²) in [5.41, 5.74) is 1.33. The van der Waals surface area contributed by atoms with Crippen LogP contribution in [0.25, 0.3) is 0 Å². The molecule has 0 saturated heterocycles. The molecule has 2 rings (SSSR count). The second-order valence-corrected chi connectivity index (χ2v) is 8.02. The van der Waals surface area contributed by atoms with E-state index in [1.54, 1.807) is 30.3 Å². The monoisotopic (exact) mass is 483 g/mol. The lowest BCUT2D eigenvalue weighted by atomic mass is 10.1. The first-order valence-corrected chi connectivity index (χ1v) is 11.8.